The molecule has 3 heteroatoms. The van der Waals surface area contributed by atoms with Crippen LogP contribution in [0.5, 0.6) is 0 Å². The molecular weight excluding hydrogens is 226 g/mol. The fourth-order valence-corrected chi connectivity index (χ4v) is 1.80. The monoisotopic (exact) mass is 249 g/mol. The van der Waals surface area contributed by atoms with Crippen LogP contribution in [0.2, 0.25) is 0 Å². The standard InChI is InChI=1S/C15H23NO2/c1-3-4-5-6-7-10-18-15(17)13-11-12(2)8-9-14(13)16/h8-9,11H,3-7,10,16H2,1-2H3. The van der Waals surface area contributed by atoms with Crippen molar-refractivity contribution in [1.29, 1.82) is 0 Å². The van der Waals surface area contributed by atoms with E-state index in [2.05, 4.69) is 6.92 Å². The van der Waals surface area contributed by atoms with E-state index in [-0.39, 0.29) is 5.97 Å². The molecule has 0 radical (unpaired) electrons. The number of hydrogen-bond acceptors (Lipinski definition) is 3. The van der Waals surface area contributed by atoms with Crippen molar-refractivity contribution in [2.75, 3.05) is 12.3 Å². The van der Waals surface area contributed by atoms with Crippen LogP contribution >= 0.6 is 0 Å². The molecule has 0 bridgehead atoms. The summed E-state index contributed by atoms with van der Waals surface area (Å²) in [6.07, 6.45) is 5.72. The molecule has 0 amide bonds. The Morgan fingerprint density at radius 3 is 2.67 bits per heavy atom. The third-order valence-electron chi connectivity index (χ3n) is 2.91. The third-order valence-corrected chi connectivity index (χ3v) is 2.91. The van der Waals surface area contributed by atoms with Crippen LogP contribution in [0.25, 0.3) is 0 Å². The Morgan fingerprint density at radius 2 is 1.94 bits per heavy atom. The fourth-order valence-electron chi connectivity index (χ4n) is 1.80. The van der Waals surface area contributed by atoms with Crippen LogP contribution in [0.3, 0.4) is 0 Å². The summed E-state index contributed by atoms with van der Waals surface area (Å²) in [5.41, 5.74) is 7.73. The molecule has 18 heavy (non-hydrogen) atoms. The van der Waals surface area contributed by atoms with E-state index in [1.165, 1.54) is 19.3 Å². The molecule has 0 spiro atoms. The Bertz CT molecular complexity index is 388. The summed E-state index contributed by atoms with van der Waals surface area (Å²) >= 11 is 0. The minimum atomic E-state index is -0.313. The topological polar surface area (TPSA) is 52.3 Å². The van der Waals surface area contributed by atoms with Crippen molar-refractivity contribution in [2.45, 2.75) is 46.0 Å². The van der Waals surface area contributed by atoms with Gasteiger partial charge in [-0.3, -0.25) is 0 Å². The average Bonchev–Trinajstić information content (AvgIpc) is 2.36. The van der Waals surface area contributed by atoms with Crippen molar-refractivity contribution in [3.05, 3.63) is 29.3 Å². The summed E-state index contributed by atoms with van der Waals surface area (Å²) in [4.78, 5) is 11.8. The maximum atomic E-state index is 11.8. The number of aryl methyl sites for hydroxylation is 1. The lowest BCUT2D eigenvalue weighted by Crippen LogP contribution is -2.09. The molecule has 3 nitrogen and oxygen atoms in total. The van der Waals surface area contributed by atoms with Gasteiger partial charge < -0.3 is 10.5 Å². The minimum Gasteiger partial charge on any atom is -0.462 e. The van der Waals surface area contributed by atoms with Crippen molar-refractivity contribution in [2.24, 2.45) is 0 Å². The number of rotatable bonds is 7. The van der Waals surface area contributed by atoms with Crippen LogP contribution in [0, 0.1) is 6.92 Å². The second-order valence-electron chi connectivity index (χ2n) is 4.64. The van der Waals surface area contributed by atoms with Gasteiger partial charge in [0.2, 0.25) is 0 Å². The van der Waals surface area contributed by atoms with Crippen LogP contribution in [0.4, 0.5) is 5.69 Å². The Labute approximate surface area is 109 Å². The first-order valence-electron chi connectivity index (χ1n) is 6.68. The number of anilines is 1. The zero-order valence-electron chi connectivity index (χ0n) is 11.4. The highest BCUT2D eigenvalue weighted by Gasteiger charge is 2.10. The van der Waals surface area contributed by atoms with Gasteiger partial charge in [0.15, 0.2) is 0 Å². The summed E-state index contributed by atoms with van der Waals surface area (Å²) in [5, 5.41) is 0. The van der Waals surface area contributed by atoms with Gasteiger partial charge in [0, 0.05) is 5.69 Å². The van der Waals surface area contributed by atoms with Gasteiger partial charge in [-0.15, -0.1) is 0 Å². The zero-order valence-corrected chi connectivity index (χ0v) is 11.4. The molecule has 0 aliphatic carbocycles. The normalized spacial score (nSPS) is 10.3. The van der Waals surface area contributed by atoms with E-state index in [0.717, 1.165) is 18.4 Å². The van der Waals surface area contributed by atoms with Crippen molar-refractivity contribution in [1.82, 2.24) is 0 Å². The largest absolute Gasteiger partial charge is 0.462 e. The molecule has 0 atom stereocenters. The Hall–Kier alpha value is -1.51. The Balaban J connectivity index is 2.34. The van der Waals surface area contributed by atoms with E-state index in [0.29, 0.717) is 17.9 Å². The Morgan fingerprint density at radius 1 is 1.22 bits per heavy atom. The van der Waals surface area contributed by atoms with Crippen LogP contribution in [-0.2, 0) is 4.74 Å². The first-order chi connectivity index (χ1) is 8.65. The summed E-state index contributed by atoms with van der Waals surface area (Å²) in [7, 11) is 0. The molecular formula is C15H23NO2. The number of nitrogen functional groups attached to an aromatic ring is 1. The van der Waals surface area contributed by atoms with Gasteiger partial charge in [-0.25, -0.2) is 4.79 Å². The number of hydrogen-bond donors (Lipinski definition) is 1. The highest BCUT2D eigenvalue weighted by atomic mass is 16.5. The number of esters is 1. The number of ether oxygens (including phenoxy) is 1. The van der Waals surface area contributed by atoms with Crippen molar-refractivity contribution in [3.8, 4) is 0 Å². The highest BCUT2D eigenvalue weighted by Crippen LogP contribution is 2.15. The van der Waals surface area contributed by atoms with Crippen LogP contribution in [-0.4, -0.2) is 12.6 Å². The van der Waals surface area contributed by atoms with Gasteiger partial charge in [-0.05, 0) is 25.5 Å². The number of benzene rings is 1. The molecule has 0 aliphatic rings. The van der Waals surface area contributed by atoms with Crippen LogP contribution < -0.4 is 5.73 Å². The maximum Gasteiger partial charge on any atom is 0.340 e. The molecule has 0 saturated carbocycles. The van der Waals surface area contributed by atoms with Crippen molar-refractivity contribution in [3.63, 3.8) is 0 Å². The highest BCUT2D eigenvalue weighted by molar-refractivity contribution is 5.95. The predicted molar refractivity (Wildman–Crippen MR) is 74.6 cm³/mol. The van der Waals surface area contributed by atoms with Crippen LogP contribution in [0.1, 0.15) is 54.9 Å². The lowest BCUT2D eigenvalue weighted by atomic mass is 10.1. The molecule has 0 heterocycles. The molecule has 1 rings (SSSR count). The average molecular weight is 249 g/mol. The quantitative estimate of drug-likeness (QED) is 0.455. The second-order valence-corrected chi connectivity index (χ2v) is 4.64. The van der Waals surface area contributed by atoms with E-state index in [1.807, 2.05) is 13.0 Å². The summed E-state index contributed by atoms with van der Waals surface area (Å²) in [6.45, 7) is 4.59. The SMILES string of the molecule is CCCCCCCOC(=O)c1cc(C)ccc1N. The first kappa shape index (κ1) is 14.6. The smallest absolute Gasteiger partial charge is 0.340 e. The molecule has 2 N–H and O–H groups in total. The molecule has 0 fully saturated rings. The van der Waals surface area contributed by atoms with Gasteiger partial charge in [-0.1, -0.05) is 44.2 Å². The second kappa shape index (κ2) is 7.75. The van der Waals surface area contributed by atoms with E-state index in [1.54, 1.807) is 12.1 Å². The van der Waals surface area contributed by atoms with Gasteiger partial charge >= 0.3 is 5.97 Å². The number of nitrogens with two attached hydrogens (primary N) is 1. The summed E-state index contributed by atoms with van der Waals surface area (Å²) in [6, 6.07) is 5.40. The molecule has 1 aromatic carbocycles. The van der Waals surface area contributed by atoms with Gasteiger partial charge in [0.25, 0.3) is 0 Å². The predicted octanol–water partition coefficient (Wildman–Crippen LogP) is 3.70. The third kappa shape index (κ3) is 4.78. The van der Waals surface area contributed by atoms with E-state index >= 15 is 0 Å². The fraction of sp³-hybridized carbons (Fsp3) is 0.533. The number of carbonyl (C=O) groups excluding carboxylic acids is 1. The molecule has 0 aliphatic heterocycles. The van der Waals surface area contributed by atoms with E-state index in [9.17, 15) is 4.79 Å². The molecule has 1 aromatic rings. The van der Waals surface area contributed by atoms with Gasteiger partial charge in [0.05, 0.1) is 12.2 Å². The Kier molecular flexibility index (Phi) is 6.26. The maximum absolute atomic E-state index is 11.8. The van der Waals surface area contributed by atoms with Gasteiger partial charge in [0.1, 0.15) is 0 Å². The molecule has 0 aromatic heterocycles. The number of unbranched alkanes of at least 4 members (excludes halogenated alkanes) is 4. The molecule has 100 valence electrons. The lowest BCUT2D eigenvalue weighted by molar-refractivity contribution is 0.0499. The van der Waals surface area contributed by atoms with E-state index in [4.69, 9.17) is 10.5 Å². The lowest BCUT2D eigenvalue weighted by Gasteiger charge is -2.07. The first-order valence-corrected chi connectivity index (χ1v) is 6.68. The van der Waals surface area contributed by atoms with Crippen molar-refractivity contribution >= 4 is 11.7 Å². The van der Waals surface area contributed by atoms with Gasteiger partial charge in [-0.2, -0.15) is 0 Å². The molecule has 0 saturated heterocycles. The number of carbonyl (C=O) groups is 1. The van der Waals surface area contributed by atoms with Crippen LogP contribution in [0.15, 0.2) is 18.2 Å². The summed E-state index contributed by atoms with van der Waals surface area (Å²) in [5.74, 6) is -0.313. The van der Waals surface area contributed by atoms with Crippen molar-refractivity contribution < 1.29 is 9.53 Å². The minimum absolute atomic E-state index is 0.313. The zero-order chi connectivity index (χ0) is 13.4. The van der Waals surface area contributed by atoms with E-state index < -0.39 is 0 Å². The summed E-state index contributed by atoms with van der Waals surface area (Å²) < 4.78 is 5.23. The molecule has 0 unspecified atom stereocenters.